The molecule has 5 rings (SSSR count). The summed E-state index contributed by atoms with van der Waals surface area (Å²) in [4.78, 5) is 33.8. The number of amides is 2. The zero-order valence-corrected chi connectivity index (χ0v) is 26.4. The molecule has 3 aromatic carbocycles. The molecule has 2 N–H and O–H groups in total. The summed E-state index contributed by atoms with van der Waals surface area (Å²) in [6.45, 7) is 7.00. The number of imidazole rings is 1. The van der Waals surface area contributed by atoms with Gasteiger partial charge in [-0.3, -0.25) is 9.47 Å². The summed E-state index contributed by atoms with van der Waals surface area (Å²) in [5, 5.41) is 13.8. The van der Waals surface area contributed by atoms with Crippen LogP contribution in [0.25, 0.3) is 27.8 Å². The van der Waals surface area contributed by atoms with Gasteiger partial charge in [-0.1, -0.05) is 94.8 Å². The number of fused-ring (bicyclic) bond motifs is 1. The zero-order valence-electron chi connectivity index (χ0n) is 26.4. The number of nitrogens with zero attached hydrogens (tertiary/aromatic N) is 3. The molecule has 2 amide bonds. The standard InChI is InChI=1S/C37H46N4O3/c1-4-6-7-14-23-38-37(44)40(28-19-12-9-13-20-28)29-24-26(3)35-32(25-29)41(33(39-35)16-5-2)31-22-15-21-30(34(31)36(42)43)27-17-10-8-11-18-27/h8,10-11,15,17-18,21-22,24-25,28H,4-7,9,12-14,16,19-20,23H2,1-3H3,(H,38,44)(H,42,43). The number of aromatic nitrogens is 2. The minimum Gasteiger partial charge on any atom is -0.478 e. The fourth-order valence-corrected chi connectivity index (χ4v) is 6.65. The van der Waals surface area contributed by atoms with Gasteiger partial charge < -0.3 is 10.4 Å². The predicted octanol–water partition coefficient (Wildman–Crippen LogP) is 9.08. The number of anilines is 1. The third-order valence-corrected chi connectivity index (χ3v) is 8.80. The van der Waals surface area contributed by atoms with Crippen molar-refractivity contribution in [2.75, 3.05) is 11.4 Å². The van der Waals surface area contributed by atoms with Crippen LogP contribution in [-0.4, -0.2) is 39.2 Å². The van der Waals surface area contributed by atoms with Crippen LogP contribution in [0.15, 0.2) is 60.7 Å². The number of aryl methyl sites for hydroxylation is 2. The van der Waals surface area contributed by atoms with Crippen LogP contribution in [0.1, 0.15) is 99.8 Å². The molecule has 1 fully saturated rings. The van der Waals surface area contributed by atoms with Crippen molar-refractivity contribution in [2.45, 2.75) is 97.4 Å². The molecule has 0 spiro atoms. The maximum atomic E-state index is 13.8. The minimum atomic E-state index is -0.983. The number of rotatable bonds is 12. The molecule has 44 heavy (non-hydrogen) atoms. The second kappa shape index (κ2) is 14.6. The van der Waals surface area contributed by atoms with Gasteiger partial charge in [0.1, 0.15) is 5.82 Å². The van der Waals surface area contributed by atoms with Crippen molar-refractivity contribution >= 4 is 28.7 Å². The van der Waals surface area contributed by atoms with E-state index >= 15 is 0 Å². The molecule has 1 heterocycles. The molecule has 1 aliphatic rings. The van der Waals surface area contributed by atoms with E-state index in [1.165, 1.54) is 12.8 Å². The van der Waals surface area contributed by atoms with Crippen LogP contribution in [-0.2, 0) is 6.42 Å². The highest BCUT2D eigenvalue weighted by molar-refractivity contribution is 6.01. The van der Waals surface area contributed by atoms with Gasteiger partial charge in [-0.25, -0.2) is 14.6 Å². The monoisotopic (exact) mass is 594 g/mol. The van der Waals surface area contributed by atoms with Crippen LogP contribution >= 0.6 is 0 Å². The first-order valence-electron chi connectivity index (χ1n) is 16.5. The average Bonchev–Trinajstić information content (AvgIpc) is 3.40. The van der Waals surface area contributed by atoms with Crippen molar-refractivity contribution in [2.24, 2.45) is 0 Å². The molecule has 7 heteroatoms. The fourth-order valence-electron chi connectivity index (χ4n) is 6.65. The fraction of sp³-hybridized carbons (Fsp3) is 0.432. The molecule has 0 bridgehead atoms. The van der Waals surface area contributed by atoms with Gasteiger partial charge in [0.25, 0.3) is 0 Å². The largest absolute Gasteiger partial charge is 0.478 e. The number of nitrogens with one attached hydrogen (secondary N) is 1. The van der Waals surface area contributed by atoms with Crippen LogP contribution in [0.2, 0.25) is 0 Å². The summed E-state index contributed by atoms with van der Waals surface area (Å²) < 4.78 is 2.02. The number of hydrogen-bond donors (Lipinski definition) is 2. The molecule has 4 aromatic rings. The number of carboxylic acid groups (broad SMARTS) is 1. The highest BCUT2D eigenvalue weighted by Gasteiger charge is 2.29. The Bertz CT molecular complexity index is 1590. The van der Waals surface area contributed by atoms with Gasteiger partial charge in [-0.05, 0) is 67.5 Å². The first-order chi connectivity index (χ1) is 21.4. The highest BCUT2D eigenvalue weighted by atomic mass is 16.4. The number of aromatic carboxylic acids is 1. The number of urea groups is 1. The molecule has 1 aromatic heterocycles. The number of carbonyl (C=O) groups excluding carboxylic acids is 1. The van der Waals surface area contributed by atoms with Crippen LogP contribution < -0.4 is 10.2 Å². The van der Waals surface area contributed by atoms with E-state index in [4.69, 9.17) is 4.98 Å². The SMILES string of the molecule is CCCCCCNC(=O)N(c1cc(C)c2nc(CCC)n(-c3cccc(-c4ccccc4)c3C(=O)O)c2c1)C1CCCCC1. The average molecular weight is 595 g/mol. The molecule has 0 atom stereocenters. The number of hydrogen-bond acceptors (Lipinski definition) is 3. The summed E-state index contributed by atoms with van der Waals surface area (Å²) in [5.41, 5.74) is 5.82. The first kappa shape index (κ1) is 31.3. The molecule has 0 aliphatic heterocycles. The van der Waals surface area contributed by atoms with Crippen molar-refractivity contribution in [3.8, 4) is 16.8 Å². The molecule has 7 nitrogen and oxygen atoms in total. The Labute approximate surface area is 261 Å². The summed E-state index contributed by atoms with van der Waals surface area (Å²) in [6.07, 6.45) is 11.3. The van der Waals surface area contributed by atoms with Crippen LogP contribution in [0, 0.1) is 6.92 Å². The quantitative estimate of drug-likeness (QED) is 0.160. The maximum absolute atomic E-state index is 13.8. The number of unbranched alkanes of at least 4 members (excludes halogenated alkanes) is 3. The lowest BCUT2D eigenvalue weighted by molar-refractivity contribution is 0.0697. The van der Waals surface area contributed by atoms with Gasteiger partial charge in [0.05, 0.1) is 22.3 Å². The van der Waals surface area contributed by atoms with Crippen molar-refractivity contribution in [1.29, 1.82) is 0 Å². The summed E-state index contributed by atoms with van der Waals surface area (Å²) in [6, 6.07) is 19.5. The zero-order chi connectivity index (χ0) is 31.1. The van der Waals surface area contributed by atoms with E-state index in [1.54, 1.807) is 0 Å². The number of carbonyl (C=O) groups is 2. The second-order valence-electron chi connectivity index (χ2n) is 12.1. The van der Waals surface area contributed by atoms with Gasteiger partial charge in [0.2, 0.25) is 0 Å². The van der Waals surface area contributed by atoms with E-state index in [0.29, 0.717) is 24.2 Å². The van der Waals surface area contributed by atoms with Gasteiger partial charge in [0.15, 0.2) is 0 Å². The van der Waals surface area contributed by atoms with E-state index in [2.05, 4.69) is 31.3 Å². The molecule has 232 valence electrons. The molecule has 0 radical (unpaired) electrons. The van der Waals surface area contributed by atoms with E-state index in [0.717, 1.165) is 85.0 Å². The predicted molar refractivity (Wildman–Crippen MR) is 179 cm³/mol. The van der Waals surface area contributed by atoms with Crippen LogP contribution in [0.5, 0.6) is 0 Å². The Kier molecular flexibility index (Phi) is 10.4. The summed E-state index contributed by atoms with van der Waals surface area (Å²) >= 11 is 0. The lowest BCUT2D eigenvalue weighted by atomic mass is 9.93. The molecule has 1 saturated carbocycles. The minimum absolute atomic E-state index is 0.0516. The number of benzene rings is 3. The molecular weight excluding hydrogens is 548 g/mol. The Morgan fingerprint density at radius 3 is 2.43 bits per heavy atom. The van der Waals surface area contributed by atoms with E-state index in [-0.39, 0.29) is 17.6 Å². The molecular formula is C37H46N4O3. The smallest absolute Gasteiger partial charge is 0.338 e. The van der Waals surface area contributed by atoms with E-state index < -0.39 is 5.97 Å². The van der Waals surface area contributed by atoms with Gasteiger partial charge in [-0.15, -0.1) is 0 Å². The topological polar surface area (TPSA) is 87.5 Å². The highest BCUT2D eigenvalue weighted by Crippen LogP contribution is 2.36. The molecule has 0 unspecified atom stereocenters. The molecule has 1 aliphatic carbocycles. The number of carboxylic acids is 1. The van der Waals surface area contributed by atoms with Gasteiger partial charge >= 0.3 is 12.0 Å². The van der Waals surface area contributed by atoms with Crippen molar-refractivity contribution in [3.63, 3.8) is 0 Å². The van der Waals surface area contributed by atoms with Gasteiger partial charge in [0, 0.05) is 24.7 Å². The van der Waals surface area contributed by atoms with Crippen molar-refractivity contribution < 1.29 is 14.7 Å². The van der Waals surface area contributed by atoms with E-state index in [1.807, 2.05) is 64.9 Å². The summed E-state index contributed by atoms with van der Waals surface area (Å²) in [7, 11) is 0. The normalized spacial score (nSPS) is 13.7. The first-order valence-corrected chi connectivity index (χ1v) is 16.5. The Balaban J connectivity index is 1.66. The Hall–Kier alpha value is -4.13. The third-order valence-electron chi connectivity index (χ3n) is 8.80. The van der Waals surface area contributed by atoms with Crippen molar-refractivity contribution in [1.82, 2.24) is 14.9 Å². The van der Waals surface area contributed by atoms with Crippen LogP contribution in [0.4, 0.5) is 10.5 Å². The lowest BCUT2D eigenvalue weighted by Gasteiger charge is -2.34. The molecule has 0 saturated heterocycles. The Morgan fingerprint density at radius 2 is 1.73 bits per heavy atom. The second-order valence-corrected chi connectivity index (χ2v) is 12.1. The Morgan fingerprint density at radius 1 is 0.955 bits per heavy atom. The van der Waals surface area contributed by atoms with Crippen molar-refractivity contribution in [3.05, 3.63) is 77.6 Å². The maximum Gasteiger partial charge on any atom is 0.338 e. The van der Waals surface area contributed by atoms with Gasteiger partial charge in [-0.2, -0.15) is 0 Å². The third kappa shape index (κ3) is 6.67. The van der Waals surface area contributed by atoms with Crippen LogP contribution in [0.3, 0.4) is 0 Å². The lowest BCUT2D eigenvalue weighted by Crippen LogP contribution is -2.47. The van der Waals surface area contributed by atoms with E-state index in [9.17, 15) is 14.7 Å². The summed E-state index contributed by atoms with van der Waals surface area (Å²) in [5.74, 6) is -0.164.